The molecule has 3 nitrogen and oxygen atoms in total. The topological polar surface area (TPSA) is 47.9 Å². The highest BCUT2D eigenvalue weighted by atomic mass is 35.5. The smallest absolute Gasteiger partial charge is 0.175 e. The molecule has 0 bridgehead atoms. The highest BCUT2D eigenvalue weighted by Crippen LogP contribution is 2.25. The standard InChI is InChI=1S/C14H9Cl2N3S/c15-12-5-4-11(7-13(12)16)19-14(20)18-10-3-1-2-9(6-10)8-17/h1-7H,(H2,18,19,20). The molecule has 0 saturated carbocycles. The second kappa shape index (κ2) is 6.58. The lowest BCUT2D eigenvalue weighted by molar-refractivity contribution is 1.48. The summed E-state index contributed by atoms with van der Waals surface area (Å²) >= 11 is 17.0. The van der Waals surface area contributed by atoms with Crippen molar-refractivity contribution < 1.29 is 0 Å². The van der Waals surface area contributed by atoms with E-state index >= 15 is 0 Å². The zero-order valence-corrected chi connectivity index (χ0v) is 12.5. The van der Waals surface area contributed by atoms with Gasteiger partial charge in [0.15, 0.2) is 5.11 Å². The maximum Gasteiger partial charge on any atom is 0.175 e. The lowest BCUT2D eigenvalue weighted by atomic mass is 10.2. The third-order valence-corrected chi connectivity index (χ3v) is 3.37. The van der Waals surface area contributed by atoms with Gasteiger partial charge in [-0.15, -0.1) is 0 Å². The van der Waals surface area contributed by atoms with Crippen molar-refractivity contribution in [2.24, 2.45) is 0 Å². The fraction of sp³-hybridized carbons (Fsp3) is 0. The largest absolute Gasteiger partial charge is 0.332 e. The second-order valence-corrected chi connectivity index (χ2v) is 5.12. The first-order chi connectivity index (χ1) is 9.58. The van der Waals surface area contributed by atoms with Crippen molar-refractivity contribution in [1.82, 2.24) is 0 Å². The van der Waals surface area contributed by atoms with Crippen LogP contribution in [0, 0.1) is 11.3 Å². The predicted molar refractivity (Wildman–Crippen MR) is 87.5 cm³/mol. The molecule has 0 aliphatic heterocycles. The van der Waals surface area contributed by atoms with Gasteiger partial charge in [-0.3, -0.25) is 0 Å². The molecule has 0 amide bonds. The van der Waals surface area contributed by atoms with Crippen LogP contribution in [0.2, 0.25) is 10.0 Å². The molecular formula is C14H9Cl2N3S. The van der Waals surface area contributed by atoms with Gasteiger partial charge in [0.05, 0.1) is 21.7 Å². The number of halogens is 2. The van der Waals surface area contributed by atoms with Gasteiger partial charge in [-0.1, -0.05) is 29.3 Å². The van der Waals surface area contributed by atoms with Crippen LogP contribution in [0.25, 0.3) is 0 Å². The predicted octanol–water partition coefficient (Wildman–Crippen LogP) is 4.67. The van der Waals surface area contributed by atoms with E-state index in [0.717, 1.165) is 11.4 Å². The van der Waals surface area contributed by atoms with Crippen molar-refractivity contribution in [1.29, 1.82) is 5.26 Å². The van der Waals surface area contributed by atoms with Crippen molar-refractivity contribution in [3.8, 4) is 6.07 Å². The van der Waals surface area contributed by atoms with E-state index in [0.29, 0.717) is 20.7 Å². The zero-order chi connectivity index (χ0) is 14.5. The van der Waals surface area contributed by atoms with Gasteiger partial charge in [-0.25, -0.2) is 0 Å². The molecule has 0 atom stereocenters. The van der Waals surface area contributed by atoms with Gasteiger partial charge in [-0.2, -0.15) is 5.26 Å². The summed E-state index contributed by atoms with van der Waals surface area (Å²) in [6, 6.07) is 14.2. The van der Waals surface area contributed by atoms with Gasteiger partial charge in [0, 0.05) is 11.4 Å². The molecule has 0 aliphatic rings. The molecule has 0 aliphatic carbocycles. The molecule has 2 aromatic rings. The molecule has 2 N–H and O–H groups in total. The van der Waals surface area contributed by atoms with Crippen LogP contribution < -0.4 is 10.6 Å². The number of rotatable bonds is 2. The molecule has 2 rings (SSSR count). The van der Waals surface area contributed by atoms with Gasteiger partial charge in [0.2, 0.25) is 0 Å². The number of hydrogen-bond acceptors (Lipinski definition) is 2. The van der Waals surface area contributed by atoms with E-state index in [1.807, 2.05) is 6.07 Å². The van der Waals surface area contributed by atoms with Crippen molar-refractivity contribution in [2.45, 2.75) is 0 Å². The van der Waals surface area contributed by atoms with Crippen LogP contribution in [0.3, 0.4) is 0 Å². The maximum atomic E-state index is 8.83. The summed E-state index contributed by atoms with van der Waals surface area (Å²) in [5.41, 5.74) is 2.03. The van der Waals surface area contributed by atoms with Crippen LogP contribution in [0.1, 0.15) is 5.56 Å². The minimum absolute atomic E-state index is 0.401. The maximum absolute atomic E-state index is 8.83. The minimum atomic E-state index is 0.401. The first-order valence-electron chi connectivity index (χ1n) is 5.62. The van der Waals surface area contributed by atoms with E-state index in [2.05, 4.69) is 16.7 Å². The van der Waals surface area contributed by atoms with E-state index in [1.54, 1.807) is 36.4 Å². The quantitative estimate of drug-likeness (QED) is 0.789. The van der Waals surface area contributed by atoms with Gasteiger partial charge in [-0.05, 0) is 48.6 Å². The van der Waals surface area contributed by atoms with Gasteiger partial charge in [0.1, 0.15) is 0 Å². The Bertz CT molecular complexity index is 695. The number of nitrogens with one attached hydrogen (secondary N) is 2. The van der Waals surface area contributed by atoms with Gasteiger partial charge < -0.3 is 10.6 Å². The second-order valence-electron chi connectivity index (χ2n) is 3.90. The lowest BCUT2D eigenvalue weighted by Gasteiger charge is -2.11. The SMILES string of the molecule is N#Cc1cccc(NC(=S)Nc2ccc(Cl)c(Cl)c2)c1. The van der Waals surface area contributed by atoms with Gasteiger partial charge >= 0.3 is 0 Å². The Hall–Kier alpha value is -1.80. The zero-order valence-electron chi connectivity index (χ0n) is 10.2. The summed E-state index contributed by atoms with van der Waals surface area (Å²) in [4.78, 5) is 0. The van der Waals surface area contributed by atoms with E-state index in [4.69, 9.17) is 40.7 Å². The number of hydrogen-bond donors (Lipinski definition) is 2. The molecule has 0 heterocycles. The fourth-order valence-electron chi connectivity index (χ4n) is 1.53. The Morgan fingerprint density at radius 1 is 1.00 bits per heavy atom. The minimum Gasteiger partial charge on any atom is -0.332 e. The van der Waals surface area contributed by atoms with Crippen molar-refractivity contribution in [2.75, 3.05) is 10.6 Å². The molecule has 20 heavy (non-hydrogen) atoms. The molecule has 6 heteroatoms. The third kappa shape index (κ3) is 3.84. The normalized spacial score (nSPS) is 9.65. The Morgan fingerprint density at radius 2 is 1.70 bits per heavy atom. The molecular weight excluding hydrogens is 313 g/mol. The molecule has 0 fully saturated rings. The summed E-state index contributed by atoms with van der Waals surface area (Å²) in [6.45, 7) is 0. The van der Waals surface area contributed by atoms with Crippen LogP contribution in [0.15, 0.2) is 42.5 Å². The van der Waals surface area contributed by atoms with Crippen molar-refractivity contribution in [3.05, 3.63) is 58.1 Å². The van der Waals surface area contributed by atoms with Crippen LogP contribution in [0.4, 0.5) is 11.4 Å². The summed E-state index contributed by atoms with van der Waals surface area (Å²) in [5.74, 6) is 0. The lowest BCUT2D eigenvalue weighted by Crippen LogP contribution is -2.19. The summed E-state index contributed by atoms with van der Waals surface area (Å²) in [6.07, 6.45) is 0. The summed E-state index contributed by atoms with van der Waals surface area (Å²) < 4.78 is 0. The summed E-state index contributed by atoms with van der Waals surface area (Å²) in [7, 11) is 0. The molecule has 100 valence electrons. The van der Waals surface area contributed by atoms with Crippen LogP contribution in [0.5, 0.6) is 0 Å². The first-order valence-corrected chi connectivity index (χ1v) is 6.78. The molecule has 0 spiro atoms. The number of benzene rings is 2. The monoisotopic (exact) mass is 321 g/mol. The van der Waals surface area contributed by atoms with Crippen LogP contribution in [-0.2, 0) is 0 Å². The van der Waals surface area contributed by atoms with E-state index in [1.165, 1.54) is 0 Å². The average molecular weight is 322 g/mol. The summed E-state index contributed by atoms with van der Waals surface area (Å²) in [5, 5.41) is 16.2. The Morgan fingerprint density at radius 3 is 2.35 bits per heavy atom. The molecule has 0 radical (unpaired) electrons. The van der Waals surface area contributed by atoms with Crippen LogP contribution >= 0.6 is 35.4 Å². The fourth-order valence-corrected chi connectivity index (χ4v) is 2.07. The Kier molecular flexibility index (Phi) is 4.80. The molecule has 0 saturated heterocycles. The van der Waals surface area contributed by atoms with Crippen molar-refractivity contribution in [3.63, 3.8) is 0 Å². The molecule has 0 aromatic heterocycles. The number of nitrogens with zero attached hydrogens (tertiary/aromatic N) is 1. The third-order valence-electron chi connectivity index (χ3n) is 2.43. The highest BCUT2D eigenvalue weighted by Gasteiger charge is 2.02. The number of nitriles is 1. The Labute approximate surface area is 132 Å². The number of thiocarbonyl (C=S) groups is 1. The van der Waals surface area contributed by atoms with E-state index in [9.17, 15) is 0 Å². The number of anilines is 2. The molecule has 2 aromatic carbocycles. The van der Waals surface area contributed by atoms with E-state index in [-0.39, 0.29) is 0 Å². The molecule has 0 unspecified atom stereocenters. The van der Waals surface area contributed by atoms with Crippen LogP contribution in [-0.4, -0.2) is 5.11 Å². The Balaban J connectivity index is 2.05. The van der Waals surface area contributed by atoms with Crippen molar-refractivity contribution >= 4 is 51.9 Å². The van der Waals surface area contributed by atoms with Gasteiger partial charge in [0.25, 0.3) is 0 Å². The highest BCUT2D eigenvalue weighted by molar-refractivity contribution is 7.80. The average Bonchev–Trinajstić information content (AvgIpc) is 2.43. The first kappa shape index (κ1) is 14.6. The van der Waals surface area contributed by atoms with E-state index < -0.39 is 0 Å².